The zero-order chi connectivity index (χ0) is 18.4. The lowest BCUT2D eigenvalue weighted by Gasteiger charge is -2.39. The van der Waals surface area contributed by atoms with Crippen LogP contribution in [0.2, 0.25) is 0 Å². The molecule has 0 bridgehead atoms. The van der Waals surface area contributed by atoms with E-state index in [4.69, 9.17) is 10.5 Å². The van der Waals surface area contributed by atoms with Crippen molar-refractivity contribution in [3.63, 3.8) is 0 Å². The summed E-state index contributed by atoms with van der Waals surface area (Å²) in [6.07, 6.45) is 3.10. The fraction of sp³-hybridized carbons (Fsp3) is 0.611. The van der Waals surface area contributed by atoms with Crippen LogP contribution in [0.25, 0.3) is 0 Å². The number of halogens is 1. The Morgan fingerprint density at radius 3 is 2.38 bits per heavy atom. The molecule has 2 rings (SSSR count). The average Bonchev–Trinajstić information content (AvgIpc) is 2.61. The van der Waals surface area contributed by atoms with Gasteiger partial charge in [0, 0.05) is 32.4 Å². The van der Waals surface area contributed by atoms with Gasteiger partial charge < -0.3 is 20.3 Å². The third kappa shape index (κ3) is 5.32. The van der Waals surface area contributed by atoms with Gasteiger partial charge in [-0.3, -0.25) is 4.79 Å². The quantitative estimate of drug-likeness (QED) is 0.753. The van der Waals surface area contributed by atoms with Crippen LogP contribution >= 0.6 is 12.4 Å². The van der Waals surface area contributed by atoms with Crippen molar-refractivity contribution in [2.45, 2.75) is 39.2 Å². The number of aromatic nitrogens is 1. The van der Waals surface area contributed by atoms with Gasteiger partial charge in [0.1, 0.15) is 5.82 Å². The van der Waals surface area contributed by atoms with E-state index < -0.39 is 5.54 Å². The molecular formula is C18H29ClN4O3. The molecule has 146 valence electrons. The number of rotatable bonds is 6. The van der Waals surface area contributed by atoms with Gasteiger partial charge in [-0.25, -0.2) is 9.78 Å². The topological polar surface area (TPSA) is 88.8 Å². The molecule has 1 aliphatic heterocycles. The molecule has 1 saturated heterocycles. The van der Waals surface area contributed by atoms with Crippen LogP contribution in [0.1, 0.15) is 44.0 Å². The van der Waals surface area contributed by atoms with Crippen LogP contribution in [-0.4, -0.2) is 60.1 Å². The van der Waals surface area contributed by atoms with E-state index in [1.54, 1.807) is 19.9 Å². The minimum Gasteiger partial charge on any atom is -0.462 e. The van der Waals surface area contributed by atoms with Crippen molar-refractivity contribution in [2.24, 2.45) is 5.73 Å². The summed E-state index contributed by atoms with van der Waals surface area (Å²) in [4.78, 5) is 32.5. The molecule has 1 unspecified atom stereocenters. The molecule has 2 N–H and O–H groups in total. The summed E-state index contributed by atoms with van der Waals surface area (Å²) in [6, 6.07) is 3.53. The number of carbonyl (C=O) groups excluding carboxylic acids is 2. The minimum absolute atomic E-state index is 0. The van der Waals surface area contributed by atoms with Gasteiger partial charge >= 0.3 is 5.97 Å². The van der Waals surface area contributed by atoms with Crippen LogP contribution < -0.4 is 10.6 Å². The van der Waals surface area contributed by atoms with E-state index in [-0.39, 0.29) is 24.3 Å². The largest absolute Gasteiger partial charge is 0.462 e. The molecule has 0 saturated carbocycles. The maximum absolute atomic E-state index is 12.5. The summed E-state index contributed by atoms with van der Waals surface area (Å²) >= 11 is 0. The minimum atomic E-state index is -0.795. The molecule has 0 aromatic carbocycles. The average molecular weight is 385 g/mol. The Hall–Kier alpha value is -1.86. The number of nitrogens with two attached hydrogens (primary N) is 1. The highest BCUT2D eigenvalue weighted by molar-refractivity contribution is 5.89. The van der Waals surface area contributed by atoms with Gasteiger partial charge in [-0.15, -0.1) is 12.4 Å². The van der Waals surface area contributed by atoms with Crippen molar-refractivity contribution in [1.29, 1.82) is 0 Å². The van der Waals surface area contributed by atoms with E-state index in [0.29, 0.717) is 44.8 Å². The van der Waals surface area contributed by atoms with Crippen LogP contribution in [0, 0.1) is 0 Å². The van der Waals surface area contributed by atoms with Gasteiger partial charge in [0.05, 0.1) is 17.7 Å². The molecule has 1 atom stereocenters. The molecule has 1 aromatic rings. The lowest BCUT2D eigenvalue weighted by molar-refractivity contribution is -0.137. The predicted molar refractivity (Wildman–Crippen MR) is 104 cm³/mol. The molecular weight excluding hydrogens is 356 g/mol. The fourth-order valence-electron chi connectivity index (χ4n) is 3.03. The third-order valence-corrected chi connectivity index (χ3v) is 4.41. The lowest BCUT2D eigenvalue weighted by Crippen LogP contribution is -2.58. The molecule has 1 amide bonds. The SMILES string of the molecule is CCCC(C)(N)C(=O)N1CCN(c2ccc(C(=O)OCC)cn2)CC1.Cl. The maximum atomic E-state index is 12.5. The highest BCUT2D eigenvalue weighted by atomic mass is 35.5. The van der Waals surface area contributed by atoms with Crippen molar-refractivity contribution < 1.29 is 14.3 Å². The fourth-order valence-corrected chi connectivity index (χ4v) is 3.03. The van der Waals surface area contributed by atoms with Crippen LogP contribution in [-0.2, 0) is 9.53 Å². The van der Waals surface area contributed by atoms with Gasteiger partial charge in [-0.05, 0) is 32.4 Å². The number of pyridine rings is 1. The lowest BCUT2D eigenvalue weighted by atomic mass is 9.95. The van der Waals surface area contributed by atoms with E-state index in [1.165, 1.54) is 6.20 Å². The predicted octanol–water partition coefficient (Wildman–Crippen LogP) is 1.85. The van der Waals surface area contributed by atoms with Crippen LogP contribution in [0.15, 0.2) is 18.3 Å². The number of carbonyl (C=O) groups is 2. The second-order valence-electron chi connectivity index (χ2n) is 6.57. The Morgan fingerprint density at radius 1 is 1.23 bits per heavy atom. The molecule has 0 aliphatic carbocycles. The Labute approximate surface area is 161 Å². The van der Waals surface area contributed by atoms with Gasteiger partial charge in [-0.1, -0.05) is 13.3 Å². The van der Waals surface area contributed by atoms with E-state index >= 15 is 0 Å². The van der Waals surface area contributed by atoms with E-state index in [0.717, 1.165) is 12.2 Å². The first kappa shape index (κ1) is 22.2. The van der Waals surface area contributed by atoms with Crippen molar-refractivity contribution in [3.8, 4) is 0 Å². The molecule has 8 heteroatoms. The molecule has 1 fully saturated rings. The van der Waals surface area contributed by atoms with Gasteiger partial charge in [-0.2, -0.15) is 0 Å². The first-order valence-electron chi connectivity index (χ1n) is 8.85. The summed E-state index contributed by atoms with van der Waals surface area (Å²) in [6.45, 7) is 8.58. The van der Waals surface area contributed by atoms with Crippen LogP contribution in [0.3, 0.4) is 0 Å². The molecule has 1 aromatic heterocycles. The standard InChI is InChI=1S/C18H28N4O3.ClH/c1-4-8-18(3,19)17(24)22-11-9-21(10-12-22)15-7-6-14(13-20-15)16(23)25-5-2;/h6-7,13H,4-5,8-12,19H2,1-3H3;1H. The Morgan fingerprint density at radius 2 is 1.88 bits per heavy atom. The third-order valence-electron chi connectivity index (χ3n) is 4.41. The smallest absolute Gasteiger partial charge is 0.339 e. The number of anilines is 1. The number of piperazine rings is 1. The number of nitrogens with zero attached hydrogens (tertiary/aromatic N) is 3. The number of esters is 1. The zero-order valence-electron chi connectivity index (χ0n) is 15.7. The van der Waals surface area contributed by atoms with Crippen molar-refractivity contribution >= 4 is 30.1 Å². The molecule has 0 radical (unpaired) electrons. The molecule has 1 aliphatic rings. The summed E-state index contributed by atoms with van der Waals surface area (Å²) in [5.74, 6) is 0.443. The number of amides is 1. The second kappa shape index (κ2) is 9.73. The van der Waals surface area contributed by atoms with E-state index in [9.17, 15) is 9.59 Å². The number of hydrogen-bond acceptors (Lipinski definition) is 6. The maximum Gasteiger partial charge on any atom is 0.339 e. The van der Waals surface area contributed by atoms with E-state index in [2.05, 4.69) is 9.88 Å². The summed E-state index contributed by atoms with van der Waals surface area (Å²) in [7, 11) is 0. The summed E-state index contributed by atoms with van der Waals surface area (Å²) < 4.78 is 4.96. The van der Waals surface area contributed by atoms with Gasteiger partial charge in [0.15, 0.2) is 0 Å². The van der Waals surface area contributed by atoms with Crippen LogP contribution in [0.5, 0.6) is 0 Å². The first-order chi connectivity index (χ1) is 11.9. The monoisotopic (exact) mass is 384 g/mol. The molecule has 7 nitrogen and oxygen atoms in total. The van der Waals surface area contributed by atoms with Gasteiger partial charge in [0.2, 0.25) is 5.91 Å². The van der Waals surface area contributed by atoms with Crippen molar-refractivity contribution in [1.82, 2.24) is 9.88 Å². The first-order valence-corrected chi connectivity index (χ1v) is 8.85. The van der Waals surface area contributed by atoms with Gasteiger partial charge in [0.25, 0.3) is 0 Å². The normalized spacial score (nSPS) is 16.5. The summed E-state index contributed by atoms with van der Waals surface area (Å²) in [5, 5.41) is 0. The number of ether oxygens (including phenoxy) is 1. The van der Waals surface area contributed by atoms with Crippen molar-refractivity contribution in [3.05, 3.63) is 23.9 Å². The second-order valence-corrected chi connectivity index (χ2v) is 6.57. The molecule has 2 heterocycles. The Kier molecular flexibility index (Phi) is 8.30. The highest BCUT2D eigenvalue weighted by Gasteiger charge is 2.33. The van der Waals surface area contributed by atoms with E-state index in [1.807, 2.05) is 17.9 Å². The molecule has 0 spiro atoms. The summed E-state index contributed by atoms with van der Waals surface area (Å²) in [5.41, 5.74) is 5.80. The Bertz CT molecular complexity index is 599. The van der Waals surface area contributed by atoms with Crippen LogP contribution in [0.4, 0.5) is 5.82 Å². The van der Waals surface area contributed by atoms with Crippen molar-refractivity contribution in [2.75, 3.05) is 37.7 Å². The highest BCUT2D eigenvalue weighted by Crippen LogP contribution is 2.18. The zero-order valence-corrected chi connectivity index (χ0v) is 16.6. The number of hydrogen-bond donors (Lipinski definition) is 1. The molecule has 26 heavy (non-hydrogen) atoms. The Balaban J connectivity index is 0.00000338.